The first kappa shape index (κ1) is 19.3. The Bertz CT molecular complexity index is 1050. The van der Waals surface area contributed by atoms with Gasteiger partial charge in [0.2, 0.25) is 0 Å². The van der Waals surface area contributed by atoms with Crippen LogP contribution in [0.4, 0.5) is 0 Å². The molecule has 2 aromatic heterocycles. The zero-order chi connectivity index (χ0) is 20.7. The molecule has 0 bridgehead atoms. The number of halogens is 1. The predicted octanol–water partition coefficient (Wildman–Crippen LogP) is 4.90. The van der Waals surface area contributed by atoms with Gasteiger partial charge in [-0.1, -0.05) is 18.5 Å². The van der Waals surface area contributed by atoms with Crippen molar-refractivity contribution in [3.05, 3.63) is 65.6 Å². The molecule has 0 radical (unpaired) electrons. The number of hydrogen-bond donors (Lipinski definition) is 1. The second-order valence-electron chi connectivity index (χ2n) is 8.31. The van der Waals surface area contributed by atoms with E-state index in [2.05, 4.69) is 22.2 Å². The standard InChI is InChI=1S/C24H24ClN3O2/c1-2-20(28-24(29)14-3-5-15(25)6-4-14)23-17-11-16(12-18(17)23)30-22-8-10-27-21-7-9-26-13-19(21)22/h3-10,13,16-18,20,23H,2,11-12H2,1H3,(H,28,29)/t16?,17-,18-,20-,23?/m0/s1. The van der Waals surface area contributed by atoms with E-state index in [0.717, 1.165) is 35.9 Å². The Balaban J connectivity index is 1.20. The molecule has 6 heteroatoms. The summed E-state index contributed by atoms with van der Waals surface area (Å²) in [6.07, 6.45) is 8.57. The van der Waals surface area contributed by atoms with Crippen molar-refractivity contribution in [3.8, 4) is 5.75 Å². The third-order valence-corrected chi connectivity index (χ3v) is 6.84. The molecule has 3 atom stereocenters. The zero-order valence-electron chi connectivity index (χ0n) is 16.8. The summed E-state index contributed by atoms with van der Waals surface area (Å²) in [6, 6.07) is 11.1. The highest BCUT2D eigenvalue weighted by atomic mass is 35.5. The molecule has 154 valence electrons. The first-order chi connectivity index (χ1) is 14.6. The SMILES string of the molecule is CC[C@H](NC(=O)c1ccc(Cl)cc1)C1[C@H]2CC(Oc3ccnc4ccncc34)C[C@H]12. The first-order valence-corrected chi connectivity index (χ1v) is 10.9. The molecular weight excluding hydrogens is 398 g/mol. The summed E-state index contributed by atoms with van der Waals surface area (Å²) in [7, 11) is 0. The highest BCUT2D eigenvalue weighted by Gasteiger charge is 2.59. The van der Waals surface area contributed by atoms with Gasteiger partial charge < -0.3 is 10.1 Å². The van der Waals surface area contributed by atoms with E-state index in [1.165, 1.54) is 0 Å². The predicted molar refractivity (Wildman–Crippen MR) is 117 cm³/mol. The molecular formula is C24H24ClN3O2. The summed E-state index contributed by atoms with van der Waals surface area (Å²) in [5.74, 6) is 2.63. The van der Waals surface area contributed by atoms with Crippen LogP contribution < -0.4 is 10.1 Å². The topological polar surface area (TPSA) is 64.1 Å². The van der Waals surface area contributed by atoms with E-state index < -0.39 is 0 Å². The van der Waals surface area contributed by atoms with Crippen LogP contribution in [-0.4, -0.2) is 28.0 Å². The van der Waals surface area contributed by atoms with E-state index >= 15 is 0 Å². The Kier molecular flexibility index (Phi) is 5.07. The average molecular weight is 422 g/mol. The van der Waals surface area contributed by atoms with Crippen LogP contribution in [0.3, 0.4) is 0 Å². The lowest BCUT2D eigenvalue weighted by Gasteiger charge is -2.22. The Labute approximate surface area is 180 Å². The zero-order valence-corrected chi connectivity index (χ0v) is 17.5. The van der Waals surface area contributed by atoms with E-state index in [1.54, 1.807) is 36.7 Å². The van der Waals surface area contributed by atoms with Gasteiger partial charge in [0.1, 0.15) is 5.75 Å². The molecule has 5 nitrogen and oxygen atoms in total. The van der Waals surface area contributed by atoms with Gasteiger partial charge in [0.05, 0.1) is 17.0 Å². The van der Waals surface area contributed by atoms with Crippen LogP contribution in [0.5, 0.6) is 5.75 Å². The van der Waals surface area contributed by atoms with Crippen molar-refractivity contribution >= 4 is 28.4 Å². The fourth-order valence-electron chi connectivity index (χ4n) is 5.11. The third kappa shape index (κ3) is 3.63. The smallest absolute Gasteiger partial charge is 0.251 e. The monoisotopic (exact) mass is 421 g/mol. The van der Waals surface area contributed by atoms with E-state index in [1.807, 2.05) is 18.3 Å². The van der Waals surface area contributed by atoms with Crippen LogP contribution in [-0.2, 0) is 0 Å². The number of aromatic nitrogens is 2. The molecule has 0 unspecified atom stereocenters. The van der Waals surface area contributed by atoms with Crippen LogP contribution in [0.15, 0.2) is 55.0 Å². The molecule has 2 aliphatic carbocycles. The highest BCUT2D eigenvalue weighted by Crippen LogP contribution is 2.60. The Morgan fingerprint density at radius 2 is 1.93 bits per heavy atom. The molecule has 0 spiro atoms. The number of nitrogens with one attached hydrogen (secondary N) is 1. The minimum absolute atomic E-state index is 0.0213. The third-order valence-electron chi connectivity index (χ3n) is 6.59. The molecule has 1 amide bonds. The van der Waals surface area contributed by atoms with Crippen molar-refractivity contribution in [2.24, 2.45) is 17.8 Å². The van der Waals surface area contributed by atoms with Gasteiger partial charge in [-0.15, -0.1) is 0 Å². The molecule has 2 heterocycles. The number of amides is 1. The Morgan fingerprint density at radius 3 is 2.67 bits per heavy atom. The molecule has 2 aliphatic rings. The summed E-state index contributed by atoms with van der Waals surface area (Å²) in [5.41, 5.74) is 1.56. The van der Waals surface area contributed by atoms with Crippen LogP contribution in [0.1, 0.15) is 36.5 Å². The average Bonchev–Trinajstić information content (AvgIpc) is 3.26. The van der Waals surface area contributed by atoms with Crippen molar-refractivity contribution in [1.82, 2.24) is 15.3 Å². The van der Waals surface area contributed by atoms with Crippen molar-refractivity contribution in [1.29, 1.82) is 0 Å². The number of carbonyl (C=O) groups excluding carboxylic acids is 1. The van der Waals surface area contributed by atoms with Gasteiger partial charge in [0.15, 0.2) is 0 Å². The van der Waals surface area contributed by atoms with E-state index in [9.17, 15) is 4.79 Å². The lowest BCUT2D eigenvalue weighted by Crippen LogP contribution is -2.37. The second kappa shape index (κ2) is 7.88. The van der Waals surface area contributed by atoms with Gasteiger partial charge in [-0.25, -0.2) is 0 Å². The molecule has 0 aliphatic heterocycles. The molecule has 0 saturated heterocycles. The largest absolute Gasteiger partial charge is 0.490 e. The van der Waals surface area contributed by atoms with Crippen molar-refractivity contribution in [3.63, 3.8) is 0 Å². The number of nitrogens with zero attached hydrogens (tertiary/aromatic N) is 2. The van der Waals surface area contributed by atoms with Gasteiger partial charge >= 0.3 is 0 Å². The highest BCUT2D eigenvalue weighted by molar-refractivity contribution is 6.30. The first-order valence-electron chi connectivity index (χ1n) is 10.6. The lowest BCUT2D eigenvalue weighted by molar-refractivity contribution is 0.0924. The number of ether oxygens (including phenoxy) is 1. The van der Waals surface area contributed by atoms with Crippen molar-refractivity contribution in [2.75, 3.05) is 0 Å². The molecule has 2 fully saturated rings. The molecule has 5 rings (SSSR count). The van der Waals surface area contributed by atoms with E-state index in [4.69, 9.17) is 16.3 Å². The summed E-state index contributed by atoms with van der Waals surface area (Å²) in [4.78, 5) is 21.2. The quantitative estimate of drug-likeness (QED) is 0.615. The van der Waals surface area contributed by atoms with Crippen LogP contribution in [0.2, 0.25) is 5.02 Å². The fraction of sp³-hybridized carbons (Fsp3) is 0.375. The van der Waals surface area contributed by atoms with Crippen molar-refractivity contribution < 1.29 is 9.53 Å². The number of benzene rings is 1. The summed E-state index contributed by atoms with van der Waals surface area (Å²) >= 11 is 5.93. The van der Waals surface area contributed by atoms with Gasteiger partial charge in [-0.05, 0) is 73.4 Å². The number of rotatable bonds is 6. The van der Waals surface area contributed by atoms with Crippen LogP contribution >= 0.6 is 11.6 Å². The lowest BCUT2D eigenvalue weighted by atomic mass is 10.00. The maximum absolute atomic E-state index is 12.6. The normalized spacial score (nSPS) is 23.7. The molecule has 3 aromatic rings. The second-order valence-corrected chi connectivity index (χ2v) is 8.75. The van der Waals surface area contributed by atoms with E-state index in [0.29, 0.717) is 28.3 Å². The van der Waals surface area contributed by atoms with Gasteiger partial charge in [0.25, 0.3) is 5.91 Å². The van der Waals surface area contributed by atoms with Gasteiger partial charge in [-0.3, -0.25) is 14.8 Å². The maximum atomic E-state index is 12.6. The van der Waals surface area contributed by atoms with Crippen LogP contribution in [0, 0.1) is 17.8 Å². The maximum Gasteiger partial charge on any atom is 0.251 e. The molecule has 2 saturated carbocycles. The molecule has 30 heavy (non-hydrogen) atoms. The minimum atomic E-state index is -0.0213. The fourth-order valence-corrected chi connectivity index (χ4v) is 5.23. The molecule has 1 N–H and O–H groups in total. The van der Waals surface area contributed by atoms with Crippen molar-refractivity contribution in [2.45, 2.75) is 38.3 Å². The summed E-state index contributed by atoms with van der Waals surface area (Å²) < 4.78 is 6.33. The number of fused-ring (bicyclic) bond motifs is 2. The Morgan fingerprint density at radius 1 is 1.17 bits per heavy atom. The number of hydrogen-bond acceptors (Lipinski definition) is 4. The summed E-state index contributed by atoms with van der Waals surface area (Å²) in [6.45, 7) is 2.14. The number of carbonyl (C=O) groups is 1. The Hall–Kier alpha value is -2.66. The molecule has 1 aromatic carbocycles. The van der Waals surface area contributed by atoms with Crippen LogP contribution in [0.25, 0.3) is 10.9 Å². The van der Waals surface area contributed by atoms with Gasteiger partial charge in [0, 0.05) is 35.2 Å². The van der Waals surface area contributed by atoms with Gasteiger partial charge in [-0.2, -0.15) is 0 Å². The summed E-state index contributed by atoms with van der Waals surface area (Å²) in [5, 5.41) is 4.84. The number of pyridine rings is 2. The van der Waals surface area contributed by atoms with E-state index in [-0.39, 0.29) is 18.1 Å². The minimum Gasteiger partial charge on any atom is -0.490 e.